The number of aryl methyl sites for hydroxylation is 1. The smallest absolute Gasteiger partial charge is 0.406 e. The van der Waals surface area contributed by atoms with Crippen LogP contribution in [0.2, 0.25) is 0 Å². The summed E-state index contributed by atoms with van der Waals surface area (Å²) in [4.78, 5) is 15.7. The number of hydrogen-bond donors (Lipinski definition) is 1. The highest BCUT2D eigenvalue weighted by atomic mass is 32.1. The van der Waals surface area contributed by atoms with Gasteiger partial charge in [0.1, 0.15) is 5.75 Å². The van der Waals surface area contributed by atoms with Gasteiger partial charge in [-0.2, -0.15) is 0 Å². The van der Waals surface area contributed by atoms with Crippen molar-refractivity contribution in [3.05, 3.63) is 63.2 Å². The lowest BCUT2D eigenvalue weighted by Gasteiger charge is -2.11. The number of halogens is 3. The SMILES string of the molecule is Cc1cccc2[nH]c(=S)n(-c3ccc(OC(F)(F)F)cc3)c(=O)c12. The summed E-state index contributed by atoms with van der Waals surface area (Å²) in [6.45, 7) is 1.80. The van der Waals surface area contributed by atoms with E-state index in [0.717, 1.165) is 17.7 Å². The zero-order chi connectivity index (χ0) is 17.5. The Morgan fingerprint density at radius 1 is 1.12 bits per heavy atom. The zero-order valence-electron chi connectivity index (χ0n) is 12.3. The van der Waals surface area contributed by atoms with Gasteiger partial charge in [-0.25, -0.2) is 0 Å². The Hall–Kier alpha value is -2.61. The number of aromatic nitrogens is 2. The van der Waals surface area contributed by atoms with E-state index in [2.05, 4.69) is 9.72 Å². The first-order valence-electron chi connectivity index (χ1n) is 6.87. The van der Waals surface area contributed by atoms with Gasteiger partial charge in [-0.05, 0) is 55.0 Å². The molecule has 4 nitrogen and oxygen atoms in total. The number of nitrogens with one attached hydrogen (secondary N) is 1. The molecular weight excluding hydrogens is 341 g/mol. The Bertz CT molecular complexity index is 1020. The lowest BCUT2D eigenvalue weighted by molar-refractivity contribution is -0.274. The van der Waals surface area contributed by atoms with Crippen LogP contribution in [0.15, 0.2) is 47.3 Å². The standard InChI is InChI=1S/C16H11F3N2O2S/c1-9-3-2-4-12-13(9)14(22)21(15(24)20-12)10-5-7-11(8-6-10)23-16(17,18)19/h2-8H,1H3,(H,20,24). The number of rotatable bonds is 2. The van der Waals surface area contributed by atoms with E-state index in [0.29, 0.717) is 16.6 Å². The van der Waals surface area contributed by atoms with Crippen molar-refractivity contribution in [3.8, 4) is 11.4 Å². The third-order valence-corrected chi connectivity index (χ3v) is 3.75. The van der Waals surface area contributed by atoms with Crippen LogP contribution in [-0.2, 0) is 0 Å². The molecule has 0 unspecified atom stereocenters. The molecule has 0 aliphatic carbocycles. The Kier molecular flexibility index (Phi) is 3.92. The molecule has 0 atom stereocenters. The van der Waals surface area contributed by atoms with Gasteiger partial charge in [0, 0.05) is 0 Å². The van der Waals surface area contributed by atoms with Crippen LogP contribution in [0.5, 0.6) is 5.75 Å². The minimum absolute atomic E-state index is 0.155. The molecule has 0 aliphatic heterocycles. The highest BCUT2D eigenvalue weighted by Crippen LogP contribution is 2.23. The van der Waals surface area contributed by atoms with E-state index in [-0.39, 0.29) is 16.1 Å². The zero-order valence-corrected chi connectivity index (χ0v) is 13.2. The predicted molar refractivity (Wildman–Crippen MR) is 86.1 cm³/mol. The van der Waals surface area contributed by atoms with Crippen LogP contribution < -0.4 is 10.3 Å². The van der Waals surface area contributed by atoms with Crippen molar-refractivity contribution in [1.29, 1.82) is 0 Å². The number of ether oxygens (including phenoxy) is 1. The van der Waals surface area contributed by atoms with Gasteiger partial charge in [0.2, 0.25) is 0 Å². The first kappa shape index (κ1) is 16.3. The highest BCUT2D eigenvalue weighted by molar-refractivity contribution is 7.71. The first-order chi connectivity index (χ1) is 11.3. The van der Waals surface area contributed by atoms with Gasteiger partial charge in [-0.3, -0.25) is 9.36 Å². The average Bonchev–Trinajstić information content (AvgIpc) is 2.47. The first-order valence-corrected chi connectivity index (χ1v) is 7.28. The molecule has 0 saturated carbocycles. The Morgan fingerprint density at radius 2 is 1.79 bits per heavy atom. The number of H-pyrrole nitrogens is 1. The fourth-order valence-corrected chi connectivity index (χ4v) is 2.76. The topological polar surface area (TPSA) is 47.0 Å². The summed E-state index contributed by atoms with van der Waals surface area (Å²) in [5.41, 5.74) is 1.39. The maximum Gasteiger partial charge on any atom is 0.573 e. The third-order valence-electron chi connectivity index (χ3n) is 3.46. The summed E-state index contributed by atoms with van der Waals surface area (Å²) in [5.74, 6) is -0.369. The Labute approximate surface area is 139 Å². The van der Waals surface area contributed by atoms with Crippen LogP contribution in [0.4, 0.5) is 13.2 Å². The number of aromatic amines is 1. The van der Waals surface area contributed by atoms with Crippen LogP contribution in [0.25, 0.3) is 16.6 Å². The molecule has 0 aliphatic rings. The summed E-state index contributed by atoms with van der Waals surface area (Å²) in [5, 5.41) is 0.474. The lowest BCUT2D eigenvalue weighted by atomic mass is 10.1. The molecular formula is C16H11F3N2O2S. The third kappa shape index (κ3) is 3.05. The summed E-state index contributed by atoms with van der Waals surface area (Å²) >= 11 is 5.21. The van der Waals surface area contributed by atoms with Crippen molar-refractivity contribution >= 4 is 23.1 Å². The minimum Gasteiger partial charge on any atom is -0.406 e. The lowest BCUT2D eigenvalue weighted by Crippen LogP contribution is -2.21. The molecule has 1 N–H and O–H groups in total. The second kappa shape index (κ2) is 5.79. The summed E-state index contributed by atoms with van der Waals surface area (Å²) in [6, 6.07) is 10.3. The van der Waals surface area contributed by atoms with Crippen molar-refractivity contribution in [2.45, 2.75) is 13.3 Å². The van der Waals surface area contributed by atoms with E-state index >= 15 is 0 Å². The highest BCUT2D eigenvalue weighted by Gasteiger charge is 2.31. The van der Waals surface area contributed by atoms with Gasteiger partial charge in [-0.15, -0.1) is 13.2 Å². The molecule has 3 rings (SSSR count). The van der Waals surface area contributed by atoms with Gasteiger partial charge in [0.15, 0.2) is 4.77 Å². The number of alkyl halides is 3. The molecule has 0 saturated heterocycles. The summed E-state index contributed by atoms with van der Waals surface area (Å²) in [6.07, 6.45) is -4.77. The molecule has 1 heterocycles. The van der Waals surface area contributed by atoms with Gasteiger partial charge in [0.25, 0.3) is 5.56 Å². The van der Waals surface area contributed by atoms with Gasteiger partial charge in [-0.1, -0.05) is 12.1 Å². The number of hydrogen-bond acceptors (Lipinski definition) is 3. The van der Waals surface area contributed by atoms with Crippen LogP contribution in [0.1, 0.15) is 5.56 Å². The minimum atomic E-state index is -4.77. The molecule has 3 aromatic rings. The monoisotopic (exact) mass is 352 g/mol. The fourth-order valence-electron chi connectivity index (χ4n) is 2.46. The van der Waals surface area contributed by atoms with Crippen LogP contribution in [0, 0.1) is 11.7 Å². The molecule has 24 heavy (non-hydrogen) atoms. The molecule has 0 spiro atoms. The van der Waals surface area contributed by atoms with Crippen molar-refractivity contribution in [1.82, 2.24) is 9.55 Å². The molecule has 124 valence electrons. The molecule has 0 radical (unpaired) electrons. The second-order valence-electron chi connectivity index (χ2n) is 5.11. The molecule has 2 aromatic carbocycles. The van der Waals surface area contributed by atoms with Crippen LogP contribution >= 0.6 is 12.2 Å². The quantitative estimate of drug-likeness (QED) is 0.701. The van der Waals surface area contributed by atoms with E-state index in [1.54, 1.807) is 25.1 Å². The Morgan fingerprint density at radius 3 is 2.42 bits per heavy atom. The Balaban J connectivity index is 2.15. The predicted octanol–water partition coefficient (Wildman–Crippen LogP) is 4.26. The van der Waals surface area contributed by atoms with E-state index in [1.165, 1.54) is 16.7 Å². The second-order valence-corrected chi connectivity index (χ2v) is 5.50. The van der Waals surface area contributed by atoms with Gasteiger partial charge < -0.3 is 9.72 Å². The van der Waals surface area contributed by atoms with Crippen LogP contribution in [-0.4, -0.2) is 15.9 Å². The van der Waals surface area contributed by atoms with Gasteiger partial charge in [0.05, 0.1) is 16.6 Å². The number of nitrogens with zero attached hydrogens (tertiary/aromatic N) is 1. The number of fused-ring (bicyclic) bond motifs is 1. The van der Waals surface area contributed by atoms with Crippen molar-refractivity contribution in [2.75, 3.05) is 0 Å². The molecule has 8 heteroatoms. The maximum atomic E-state index is 12.7. The summed E-state index contributed by atoms with van der Waals surface area (Å²) < 4.78 is 41.9. The van der Waals surface area contributed by atoms with E-state index < -0.39 is 6.36 Å². The van der Waals surface area contributed by atoms with E-state index in [1.807, 2.05) is 0 Å². The molecule has 1 aromatic heterocycles. The molecule has 0 fully saturated rings. The average molecular weight is 352 g/mol. The van der Waals surface area contributed by atoms with E-state index in [9.17, 15) is 18.0 Å². The fraction of sp³-hybridized carbons (Fsp3) is 0.125. The largest absolute Gasteiger partial charge is 0.573 e. The van der Waals surface area contributed by atoms with Crippen molar-refractivity contribution in [2.24, 2.45) is 0 Å². The van der Waals surface area contributed by atoms with E-state index in [4.69, 9.17) is 12.2 Å². The maximum absolute atomic E-state index is 12.7. The van der Waals surface area contributed by atoms with Crippen molar-refractivity contribution < 1.29 is 17.9 Å². The normalized spacial score (nSPS) is 11.7. The molecule has 0 amide bonds. The number of benzene rings is 2. The molecule has 0 bridgehead atoms. The van der Waals surface area contributed by atoms with Crippen molar-refractivity contribution in [3.63, 3.8) is 0 Å². The van der Waals surface area contributed by atoms with Crippen LogP contribution in [0.3, 0.4) is 0 Å². The van der Waals surface area contributed by atoms with Gasteiger partial charge >= 0.3 is 6.36 Å². The summed E-state index contributed by atoms with van der Waals surface area (Å²) in [7, 11) is 0.